The molecule has 0 aliphatic heterocycles. The zero-order valence-corrected chi connectivity index (χ0v) is 12.9. The van der Waals surface area contributed by atoms with Crippen LogP contribution in [-0.4, -0.2) is 36.8 Å². The molecular formula is C17H27NO2. The van der Waals surface area contributed by atoms with Gasteiger partial charge < -0.3 is 9.84 Å². The lowest BCUT2D eigenvalue weighted by molar-refractivity contribution is 0.102. The number of benzene rings is 1. The maximum absolute atomic E-state index is 9.67. The van der Waals surface area contributed by atoms with E-state index in [1.54, 1.807) is 7.11 Å². The number of rotatable bonds is 6. The van der Waals surface area contributed by atoms with Gasteiger partial charge in [-0.2, -0.15) is 0 Å². The van der Waals surface area contributed by atoms with Gasteiger partial charge in [-0.15, -0.1) is 0 Å². The summed E-state index contributed by atoms with van der Waals surface area (Å²) in [5.74, 6) is 1.03. The van der Waals surface area contributed by atoms with E-state index in [2.05, 4.69) is 24.8 Å². The van der Waals surface area contributed by atoms with Gasteiger partial charge in [0.15, 0.2) is 0 Å². The average Bonchev–Trinajstić information content (AvgIpc) is 2.42. The zero-order valence-electron chi connectivity index (χ0n) is 12.9. The molecule has 1 aliphatic rings. The number of phenolic OH excluding ortho intramolecular Hbond substituents is 1. The molecule has 3 heteroatoms. The van der Waals surface area contributed by atoms with E-state index in [0.717, 1.165) is 26.1 Å². The van der Waals surface area contributed by atoms with Crippen LogP contribution >= 0.6 is 0 Å². The molecule has 0 fully saturated rings. The van der Waals surface area contributed by atoms with Crippen LogP contribution in [0.5, 0.6) is 5.75 Å². The van der Waals surface area contributed by atoms with Crippen LogP contribution in [0.3, 0.4) is 0 Å². The molecule has 0 heterocycles. The van der Waals surface area contributed by atoms with Crippen LogP contribution in [0.25, 0.3) is 0 Å². The summed E-state index contributed by atoms with van der Waals surface area (Å²) in [5, 5.41) is 9.67. The summed E-state index contributed by atoms with van der Waals surface area (Å²) in [7, 11) is 1.76. The van der Waals surface area contributed by atoms with Crippen LogP contribution in [-0.2, 0) is 11.2 Å². The van der Waals surface area contributed by atoms with Crippen molar-refractivity contribution >= 4 is 0 Å². The first-order valence-electron chi connectivity index (χ1n) is 7.66. The fourth-order valence-corrected chi connectivity index (χ4v) is 3.21. The highest BCUT2D eigenvalue weighted by molar-refractivity contribution is 5.38. The Morgan fingerprint density at radius 2 is 2.20 bits per heavy atom. The third-order valence-corrected chi connectivity index (χ3v) is 4.03. The molecule has 112 valence electrons. The minimum atomic E-state index is 0.386. The number of methoxy groups -OCH3 is 1. The first kappa shape index (κ1) is 15.3. The number of hydrogen-bond donors (Lipinski definition) is 1. The van der Waals surface area contributed by atoms with E-state index in [9.17, 15) is 5.11 Å². The molecule has 0 bridgehead atoms. The monoisotopic (exact) mass is 277 g/mol. The lowest BCUT2D eigenvalue weighted by atomic mass is 9.86. The first-order valence-corrected chi connectivity index (χ1v) is 7.66. The van der Waals surface area contributed by atoms with Gasteiger partial charge in [0.1, 0.15) is 5.75 Å². The van der Waals surface area contributed by atoms with E-state index >= 15 is 0 Å². The summed E-state index contributed by atoms with van der Waals surface area (Å²) in [6.07, 6.45) is 3.48. The smallest absolute Gasteiger partial charge is 0.115 e. The molecule has 1 N–H and O–H groups in total. The topological polar surface area (TPSA) is 32.7 Å². The van der Waals surface area contributed by atoms with Crippen LogP contribution in [0.15, 0.2) is 18.2 Å². The van der Waals surface area contributed by atoms with E-state index in [4.69, 9.17) is 4.74 Å². The molecule has 1 aromatic carbocycles. The fraction of sp³-hybridized carbons (Fsp3) is 0.647. The highest BCUT2D eigenvalue weighted by atomic mass is 16.5. The normalized spacial score (nSPS) is 18.6. The Morgan fingerprint density at radius 1 is 1.40 bits per heavy atom. The number of nitrogens with zero attached hydrogens (tertiary/aromatic N) is 1. The van der Waals surface area contributed by atoms with Crippen molar-refractivity contribution in [1.82, 2.24) is 4.90 Å². The minimum Gasteiger partial charge on any atom is -0.508 e. The van der Waals surface area contributed by atoms with E-state index in [-0.39, 0.29) is 0 Å². The predicted molar refractivity (Wildman–Crippen MR) is 82.1 cm³/mol. The molecule has 0 amide bonds. The van der Waals surface area contributed by atoms with Crippen LogP contribution < -0.4 is 0 Å². The van der Waals surface area contributed by atoms with Gasteiger partial charge in [-0.1, -0.05) is 19.9 Å². The van der Waals surface area contributed by atoms with Crippen molar-refractivity contribution < 1.29 is 9.84 Å². The van der Waals surface area contributed by atoms with Crippen molar-refractivity contribution in [2.45, 2.75) is 39.2 Å². The third kappa shape index (κ3) is 3.74. The van der Waals surface area contributed by atoms with Crippen LogP contribution in [0.4, 0.5) is 0 Å². The van der Waals surface area contributed by atoms with Gasteiger partial charge in [-0.25, -0.2) is 0 Å². The molecular weight excluding hydrogens is 250 g/mol. The van der Waals surface area contributed by atoms with Crippen LogP contribution in [0, 0.1) is 5.92 Å². The molecule has 20 heavy (non-hydrogen) atoms. The third-order valence-electron chi connectivity index (χ3n) is 4.03. The first-order chi connectivity index (χ1) is 9.61. The Kier molecular flexibility index (Phi) is 5.44. The summed E-state index contributed by atoms with van der Waals surface area (Å²) in [6.45, 7) is 7.37. The van der Waals surface area contributed by atoms with Crippen molar-refractivity contribution in [3.8, 4) is 5.75 Å². The summed E-state index contributed by atoms with van der Waals surface area (Å²) in [6, 6.07) is 6.33. The Labute approximate surface area is 122 Å². The molecule has 1 aliphatic carbocycles. The number of aromatic hydroxyl groups is 1. The summed E-state index contributed by atoms with van der Waals surface area (Å²) in [4.78, 5) is 2.54. The summed E-state index contributed by atoms with van der Waals surface area (Å²) < 4.78 is 5.27. The number of ether oxygens (including phenoxy) is 1. The maximum Gasteiger partial charge on any atom is 0.115 e. The van der Waals surface area contributed by atoms with E-state index in [0.29, 0.717) is 17.7 Å². The SMILES string of the molecule is COCCN(CC(C)C)C1CCCc2cc(O)ccc21. The van der Waals surface area contributed by atoms with Crippen molar-refractivity contribution in [2.24, 2.45) is 5.92 Å². The molecule has 1 atom stereocenters. The largest absolute Gasteiger partial charge is 0.508 e. The Morgan fingerprint density at radius 3 is 2.90 bits per heavy atom. The Bertz CT molecular complexity index is 431. The van der Waals surface area contributed by atoms with E-state index < -0.39 is 0 Å². The van der Waals surface area contributed by atoms with Gasteiger partial charge in [-0.3, -0.25) is 4.90 Å². The average molecular weight is 277 g/mol. The number of phenols is 1. The van der Waals surface area contributed by atoms with Gasteiger partial charge in [-0.05, 0) is 48.4 Å². The molecule has 0 aromatic heterocycles. The second-order valence-corrected chi connectivity index (χ2v) is 6.17. The second-order valence-electron chi connectivity index (χ2n) is 6.17. The Balaban J connectivity index is 2.21. The van der Waals surface area contributed by atoms with Crippen molar-refractivity contribution in [2.75, 3.05) is 26.8 Å². The fourth-order valence-electron chi connectivity index (χ4n) is 3.21. The quantitative estimate of drug-likeness (QED) is 0.865. The standard InChI is InChI=1S/C17H27NO2/c1-13(2)12-18(9-10-20-3)17-6-4-5-14-11-15(19)7-8-16(14)17/h7-8,11,13,17,19H,4-6,9-10,12H2,1-3H3. The molecule has 0 radical (unpaired) electrons. The lowest BCUT2D eigenvalue weighted by Gasteiger charge is -2.37. The van der Waals surface area contributed by atoms with Gasteiger partial charge in [0, 0.05) is 26.2 Å². The predicted octanol–water partition coefficient (Wildman–Crippen LogP) is 3.37. The van der Waals surface area contributed by atoms with Gasteiger partial charge in [0.05, 0.1) is 6.61 Å². The van der Waals surface area contributed by atoms with Gasteiger partial charge in [0.25, 0.3) is 0 Å². The van der Waals surface area contributed by atoms with E-state index in [1.165, 1.54) is 24.0 Å². The van der Waals surface area contributed by atoms with Crippen molar-refractivity contribution in [3.05, 3.63) is 29.3 Å². The number of hydrogen-bond acceptors (Lipinski definition) is 3. The van der Waals surface area contributed by atoms with Gasteiger partial charge >= 0.3 is 0 Å². The molecule has 1 unspecified atom stereocenters. The van der Waals surface area contributed by atoms with Gasteiger partial charge in [0.2, 0.25) is 0 Å². The van der Waals surface area contributed by atoms with E-state index in [1.807, 2.05) is 12.1 Å². The molecule has 0 spiro atoms. The molecule has 1 aromatic rings. The lowest BCUT2D eigenvalue weighted by Crippen LogP contribution is -2.36. The number of aryl methyl sites for hydroxylation is 1. The zero-order chi connectivity index (χ0) is 14.5. The highest BCUT2D eigenvalue weighted by Gasteiger charge is 2.26. The summed E-state index contributed by atoms with van der Waals surface area (Å²) in [5.41, 5.74) is 2.71. The molecule has 2 rings (SSSR count). The maximum atomic E-state index is 9.67. The van der Waals surface area contributed by atoms with Crippen LogP contribution in [0.2, 0.25) is 0 Å². The van der Waals surface area contributed by atoms with Crippen molar-refractivity contribution in [3.63, 3.8) is 0 Å². The summed E-state index contributed by atoms with van der Waals surface area (Å²) >= 11 is 0. The molecule has 0 saturated carbocycles. The Hall–Kier alpha value is -1.06. The highest BCUT2D eigenvalue weighted by Crippen LogP contribution is 2.36. The molecule has 0 saturated heterocycles. The van der Waals surface area contributed by atoms with Crippen LogP contribution in [0.1, 0.15) is 43.9 Å². The molecule has 3 nitrogen and oxygen atoms in total. The second kappa shape index (κ2) is 7.09. The number of fused-ring (bicyclic) bond motifs is 1. The van der Waals surface area contributed by atoms with Crippen molar-refractivity contribution in [1.29, 1.82) is 0 Å². The minimum absolute atomic E-state index is 0.386.